The molecular weight excluding hydrogens is 264 g/mol. The van der Waals surface area contributed by atoms with E-state index in [0.29, 0.717) is 17.7 Å². The van der Waals surface area contributed by atoms with Crippen LogP contribution >= 0.6 is 0 Å². The van der Waals surface area contributed by atoms with E-state index >= 15 is 0 Å². The Hall–Kier alpha value is -1.86. The van der Waals surface area contributed by atoms with E-state index in [-0.39, 0.29) is 17.6 Å². The first-order valence-corrected chi connectivity index (χ1v) is 7.66. The summed E-state index contributed by atoms with van der Waals surface area (Å²) in [6, 6.07) is 9.04. The minimum atomic E-state index is -0.173. The van der Waals surface area contributed by atoms with E-state index in [1.807, 2.05) is 0 Å². The molecule has 2 aliphatic rings. The molecular formula is C17H20N2O2. The van der Waals surface area contributed by atoms with Crippen molar-refractivity contribution in [2.75, 3.05) is 6.61 Å². The topological polar surface area (TPSA) is 62.1 Å². The average molecular weight is 284 g/mol. The average Bonchev–Trinajstić information content (AvgIpc) is 2.90. The first-order chi connectivity index (χ1) is 10.2. The number of amides is 1. The molecule has 1 aliphatic carbocycles. The van der Waals surface area contributed by atoms with Gasteiger partial charge in [0, 0.05) is 0 Å². The van der Waals surface area contributed by atoms with Gasteiger partial charge in [0.2, 0.25) is 0 Å². The zero-order valence-electron chi connectivity index (χ0n) is 12.1. The predicted molar refractivity (Wildman–Crippen MR) is 78.8 cm³/mol. The molecule has 4 nitrogen and oxygen atoms in total. The van der Waals surface area contributed by atoms with Crippen LogP contribution in [0.4, 0.5) is 0 Å². The molecule has 3 rings (SSSR count). The van der Waals surface area contributed by atoms with Crippen molar-refractivity contribution in [3.8, 4) is 6.07 Å². The Morgan fingerprint density at radius 2 is 2.05 bits per heavy atom. The summed E-state index contributed by atoms with van der Waals surface area (Å²) in [5.41, 5.74) is 0.858. The molecule has 0 radical (unpaired) electrons. The number of hydrogen-bond acceptors (Lipinski definition) is 3. The lowest BCUT2D eigenvalue weighted by Gasteiger charge is -2.32. The maximum absolute atomic E-state index is 12.3. The standard InChI is InChI=1S/C17H20N2O2/c18-11-13-6-2-3-7-15(13)16(20)19-14-10-17(21-12-14)8-4-1-5-9-17/h2-3,6-7,14H,1,4-5,8-10,12H2,(H,19,20)/t14-/m1/s1. The lowest BCUT2D eigenvalue weighted by molar-refractivity contribution is -0.0246. The zero-order chi connectivity index (χ0) is 14.7. The SMILES string of the molecule is N#Cc1ccccc1C(=O)N[C@H]1COC2(CCCCC2)C1. The number of nitriles is 1. The van der Waals surface area contributed by atoms with Crippen LogP contribution < -0.4 is 5.32 Å². The highest BCUT2D eigenvalue weighted by atomic mass is 16.5. The Morgan fingerprint density at radius 3 is 2.81 bits per heavy atom. The van der Waals surface area contributed by atoms with Gasteiger partial charge in [0.1, 0.15) is 0 Å². The fourth-order valence-electron chi connectivity index (χ4n) is 3.52. The summed E-state index contributed by atoms with van der Waals surface area (Å²) in [5, 5.41) is 12.1. The molecule has 1 aliphatic heterocycles. The quantitative estimate of drug-likeness (QED) is 0.908. The van der Waals surface area contributed by atoms with Gasteiger partial charge in [0.25, 0.3) is 5.91 Å². The van der Waals surface area contributed by atoms with E-state index in [0.717, 1.165) is 19.3 Å². The fraction of sp³-hybridized carbons (Fsp3) is 0.529. The summed E-state index contributed by atoms with van der Waals surface area (Å²) in [6.07, 6.45) is 6.84. The second-order valence-corrected chi connectivity index (χ2v) is 6.09. The summed E-state index contributed by atoms with van der Waals surface area (Å²) < 4.78 is 6.01. The Bertz CT molecular complexity index is 570. The van der Waals surface area contributed by atoms with Gasteiger partial charge in [-0.1, -0.05) is 31.4 Å². The van der Waals surface area contributed by atoms with Crippen LogP contribution in [-0.2, 0) is 4.74 Å². The van der Waals surface area contributed by atoms with Gasteiger partial charge in [-0.2, -0.15) is 5.26 Å². The van der Waals surface area contributed by atoms with E-state index in [4.69, 9.17) is 10.00 Å². The van der Waals surface area contributed by atoms with Gasteiger partial charge >= 0.3 is 0 Å². The number of nitrogens with one attached hydrogen (secondary N) is 1. The van der Waals surface area contributed by atoms with Crippen LogP contribution in [0, 0.1) is 11.3 Å². The van der Waals surface area contributed by atoms with Crippen molar-refractivity contribution in [3.05, 3.63) is 35.4 Å². The minimum Gasteiger partial charge on any atom is -0.373 e. The Balaban J connectivity index is 1.65. The molecule has 0 bridgehead atoms. The smallest absolute Gasteiger partial charge is 0.252 e. The highest BCUT2D eigenvalue weighted by molar-refractivity contribution is 5.96. The predicted octanol–water partition coefficient (Wildman–Crippen LogP) is 2.78. The Labute approximate surface area is 125 Å². The minimum absolute atomic E-state index is 0.00899. The highest BCUT2D eigenvalue weighted by Gasteiger charge is 2.41. The molecule has 110 valence electrons. The number of benzene rings is 1. The van der Waals surface area contributed by atoms with Crippen molar-refractivity contribution in [1.29, 1.82) is 5.26 Å². The monoisotopic (exact) mass is 284 g/mol. The Kier molecular flexibility index (Phi) is 3.94. The van der Waals surface area contributed by atoms with Crippen LogP contribution in [0.2, 0.25) is 0 Å². The third kappa shape index (κ3) is 2.93. The zero-order valence-corrected chi connectivity index (χ0v) is 12.1. The van der Waals surface area contributed by atoms with Crippen LogP contribution in [0.25, 0.3) is 0 Å². The molecule has 1 heterocycles. The van der Waals surface area contributed by atoms with Crippen LogP contribution in [-0.4, -0.2) is 24.2 Å². The van der Waals surface area contributed by atoms with E-state index in [1.165, 1.54) is 19.3 Å². The number of carbonyl (C=O) groups excluding carboxylic acids is 1. The number of hydrogen-bond donors (Lipinski definition) is 1. The van der Waals surface area contributed by atoms with E-state index < -0.39 is 0 Å². The van der Waals surface area contributed by atoms with Crippen molar-refractivity contribution in [2.45, 2.75) is 50.2 Å². The molecule has 1 N–H and O–H groups in total. The largest absolute Gasteiger partial charge is 0.373 e. The molecule has 1 atom stereocenters. The molecule has 21 heavy (non-hydrogen) atoms. The van der Waals surface area contributed by atoms with Crippen LogP contribution in [0.15, 0.2) is 24.3 Å². The second kappa shape index (κ2) is 5.87. The molecule has 1 amide bonds. The lowest BCUT2D eigenvalue weighted by atomic mass is 9.82. The summed E-state index contributed by atoms with van der Waals surface area (Å²) in [6.45, 7) is 0.584. The third-order valence-electron chi connectivity index (χ3n) is 4.60. The van der Waals surface area contributed by atoms with Gasteiger partial charge in [-0.05, 0) is 31.4 Å². The lowest BCUT2D eigenvalue weighted by Crippen LogP contribution is -2.37. The summed E-state index contributed by atoms with van der Waals surface area (Å²) in [5.74, 6) is -0.173. The van der Waals surface area contributed by atoms with E-state index in [9.17, 15) is 4.79 Å². The second-order valence-electron chi connectivity index (χ2n) is 6.09. The van der Waals surface area contributed by atoms with Gasteiger partial charge < -0.3 is 10.1 Å². The summed E-state index contributed by atoms with van der Waals surface area (Å²) in [4.78, 5) is 12.3. The maximum Gasteiger partial charge on any atom is 0.252 e. The fourth-order valence-corrected chi connectivity index (χ4v) is 3.52. The number of carbonyl (C=O) groups is 1. The molecule has 1 aromatic rings. The van der Waals surface area contributed by atoms with E-state index in [2.05, 4.69) is 11.4 Å². The summed E-state index contributed by atoms with van der Waals surface area (Å²) >= 11 is 0. The van der Waals surface area contributed by atoms with Crippen molar-refractivity contribution in [3.63, 3.8) is 0 Å². The number of rotatable bonds is 2. The van der Waals surface area contributed by atoms with Crippen molar-refractivity contribution < 1.29 is 9.53 Å². The normalized spacial score (nSPS) is 23.7. The molecule has 1 saturated heterocycles. The van der Waals surface area contributed by atoms with Crippen molar-refractivity contribution in [1.82, 2.24) is 5.32 Å². The van der Waals surface area contributed by atoms with Crippen molar-refractivity contribution >= 4 is 5.91 Å². The van der Waals surface area contributed by atoms with Gasteiger partial charge in [-0.3, -0.25) is 4.79 Å². The number of ether oxygens (including phenoxy) is 1. The van der Waals surface area contributed by atoms with Gasteiger partial charge in [-0.15, -0.1) is 0 Å². The van der Waals surface area contributed by atoms with Gasteiger partial charge in [0.15, 0.2) is 0 Å². The molecule has 1 aromatic carbocycles. The van der Waals surface area contributed by atoms with E-state index in [1.54, 1.807) is 24.3 Å². The third-order valence-corrected chi connectivity index (χ3v) is 4.60. The van der Waals surface area contributed by atoms with Crippen LogP contribution in [0.1, 0.15) is 54.4 Å². The molecule has 2 fully saturated rings. The van der Waals surface area contributed by atoms with Crippen molar-refractivity contribution in [2.24, 2.45) is 0 Å². The molecule has 4 heteroatoms. The maximum atomic E-state index is 12.3. The first kappa shape index (κ1) is 14.1. The molecule has 0 unspecified atom stereocenters. The first-order valence-electron chi connectivity index (χ1n) is 7.66. The van der Waals surface area contributed by atoms with Gasteiger partial charge in [-0.25, -0.2) is 0 Å². The molecule has 1 saturated carbocycles. The molecule has 0 aromatic heterocycles. The molecule has 1 spiro atoms. The van der Waals surface area contributed by atoms with Crippen LogP contribution in [0.3, 0.4) is 0 Å². The Morgan fingerprint density at radius 1 is 1.29 bits per heavy atom. The number of nitrogens with zero attached hydrogens (tertiary/aromatic N) is 1. The highest BCUT2D eigenvalue weighted by Crippen LogP contribution is 2.39. The van der Waals surface area contributed by atoms with Crippen LogP contribution in [0.5, 0.6) is 0 Å². The van der Waals surface area contributed by atoms with Gasteiger partial charge in [0.05, 0.1) is 35.4 Å². The summed E-state index contributed by atoms with van der Waals surface area (Å²) in [7, 11) is 0.